The highest BCUT2D eigenvalue weighted by Crippen LogP contribution is 2.19. The standard InChI is InChI=1S/C77H142O6/c1-4-7-10-13-16-19-22-25-27-29-31-33-35-36-37-38-39-40-42-43-45-47-49-52-55-58-61-64-67-70-76(79)82-73-74(72-81-75(78)69-66-63-60-57-54-51-24-21-18-15-12-9-6-3)83-77(80)71-68-65-62-59-56-53-50-48-46-44-41-34-32-30-28-26-23-20-17-14-11-8-5-2/h9,12,18,21,29,31,51,54,74H,4-8,10-11,13-17,19-20,22-28,30,32-50,52-53,55-73H2,1-3H3/b12-9-,21-18-,31-29-,54-51-. The van der Waals surface area contributed by atoms with E-state index in [4.69, 9.17) is 14.2 Å². The molecule has 0 aliphatic heterocycles. The molecular formula is C77H142O6. The number of rotatable bonds is 69. The molecule has 0 spiro atoms. The molecular weight excluding hydrogens is 1020 g/mol. The van der Waals surface area contributed by atoms with Crippen molar-refractivity contribution in [3.63, 3.8) is 0 Å². The molecule has 0 saturated heterocycles. The van der Waals surface area contributed by atoms with Crippen LogP contribution in [0.1, 0.15) is 406 Å². The predicted octanol–water partition coefficient (Wildman–Crippen LogP) is 25.7. The van der Waals surface area contributed by atoms with Crippen molar-refractivity contribution in [2.75, 3.05) is 13.2 Å². The third kappa shape index (κ3) is 70.0. The third-order valence-electron chi connectivity index (χ3n) is 16.8. The topological polar surface area (TPSA) is 78.9 Å². The first-order valence-corrected chi connectivity index (χ1v) is 37.1. The summed E-state index contributed by atoms with van der Waals surface area (Å²) in [5.41, 5.74) is 0. The van der Waals surface area contributed by atoms with Gasteiger partial charge in [-0.1, -0.05) is 358 Å². The molecule has 0 saturated carbocycles. The summed E-state index contributed by atoms with van der Waals surface area (Å²) in [5, 5.41) is 0. The van der Waals surface area contributed by atoms with Gasteiger partial charge in [-0.25, -0.2) is 0 Å². The molecule has 6 nitrogen and oxygen atoms in total. The quantitative estimate of drug-likeness (QED) is 0.0261. The summed E-state index contributed by atoms with van der Waals surface area (Å²) in [6.45, 7) is 6.58. The van der Waals surface area contributed by atoms with Gasteiger partial charge in [-0.15, -0.1) is 0 Å². The summed E-state index contributed by atoms with van der Waals surface area (Å²) >= 11 is 0. The van der Waals surface area contributed by atoms with Crippen molar-refractivity contribution < 1.29 is 28.6 Å². The van der Waals surface area contributed by atoms with Crippen molar-refractivity contribution in [1.29, 1.82) is 0 Å². The SMILES string of the molecule is CC/C=C\C/C=C\C/C=C\CCCCCC(=O)OCC(COC(=O)CCCCCCCCCCCCCCCCCCC/C=C\CCCCCCCCCC)OC(=O)CCCCCCCCCCCCCCCCCCCCCCCCC. The van der Waals surface area contributed by atoms with Crippen LogP contribution in [-0.4, -0.2) is 37.2 Å². The van der Waals surface area contributed by atoms with E-state index in [-0.39, 0.29) is 31.1 Å². The molecule has 486 valence electrons. The van der Waals surface area contributed by atoms with Gasteiger partial charge in [0.05, 0.1) is 0 Å². The van der Waals surface area contributed by atoms with Gasteiger partial charge in [-0.05, 0) is 77.0 Å². The molecule has 0 aromatic heterocycles. The Labute approximate surface area is 518 Å². The lowest BCUT2D eigenvalue weighted by Gasteiger charge is -2.18. The Morgan fingerprint density at radius 2 is 0.470 bits per heavy atom. The molecule has 6 heteroatoms. The maximum absolute atomic E-state index is 13.0. The molecule has 0 aliphatic rings. The summed E-state index contributed by atoms with van der Waals surface area (Å²) in [6, 6.07) is 0. The Balaban J connectivity index is 4.19. The number of hydrogen-bond donors (Lipinski definition) is 0. The largest absolute Gasteiger partial charge is 0.462 e. The van der Waals surface area contributed by atoms with Crippen LogP contribution in [0.25, 0.3) is 0 Å². The Kier molecular flexibility index (Phi) is 69.6. The van der Waals surface area contributed by atoms with Gasteiger partial charge in [0, 0.05) is 19.3 Å². The van der Waals surface area contributed by atoms with Crippen LogP contribution in [0.4, 0.5) is 0 Å². The van der Waals surface area contributed by atoms with E-state index >= 15 is 0 Å². The molecule has 0 heterocycles. The molecule has 0 amide bonds. The van der Waals surface area contributed by atoms with E-state index in [0.717, 1.165) is 83.5 Å². The van der Waals surface area contributed by atoms with E-state index in [0.29, 0.717) is 19.3 Å². The highest BCUT2D eigenvalue weighted by atomic mass is 16.6. The lowest BCUT2D eigenvalue weighted by molar-refractivity contribution is -0.167. The first-order chi connectivity index (χ1) is 41.0. The fraction of sp³-hybridized carbons (Fsp3) is 0.857. The maximum atomic E-state index is 13.0. The van der Waals surface area contributed by atoms with Gasteiger partial charge in [-0.2, -0.15) is 0 Å². The van der Waals surface area contributed by atoms with Crippen LogP contribution in [0.15, 0.2) is 48.6 Å². The molecule has 0 aromatic rings. The molecule has 0 bridgehead atoms. The summed E-state index contributed by atoms with van der Waals surface area (Å²) in [4.78, 5) is 38.4. The Bertz CT molecular complexity index is 1430. The minimum absolute atomic E-state index is 0.0774. The van der Waals surface area contributed by atoms with Crippen LogP contribution in [0, 0.1) is 0 Å². The second kappa shape index (κ2) is 71.8. The molecule has 83 heavy (non-hydrogen) atoms. The van der Waals surface area contributed by atoms with E-state index in [1.165, 1.54) is 283 Å². The lowest BCUT2D eigenvalue weighted by Crippen LogP contribution is -2.30. The van der Waals surface area contributed by atoms with Crippen molar-refractivity contribution in [3.8, 4) is 0 Å². The summed E-state index contributed by atoms with van der Waals surface area (Å²) in [6.07, 6.45) is 91.7. The van der Waals surface area contributed by atoms with Gasteiger partial charge in [0.2, 0.25) is 0 Å². The number of ether oxygens (including phenoxy) is 3. The van der Waals surface area contributed by atoms with Crippen LogP contribution in [0.2, 0.25) is 0 Å². The van der Waals surface area contributed by atoms with Crippen LogP contribution in [0.5, 0.6) is 0 Å². The molecule has 1 atom stereocenters. The number of allylic oxidation sites excluding steroid dienone is 8. The van der Waals surface area contributed by atoms with Gasteiger partial charge in [-0.3, -0.25) is 14.4 Å². The normalized spacial score (nSPS) is 12.3. The minimum Gasteiger partial charge on any atom is -0.462 e. The van der Waals surface area contributed by atoms with E-state index in [2.05, 4.69) is 69.4 Å². The van der Waals surface area contributed by atoms with Crippen LogP contribution in [-0.2, 0) is 28.6 Å². The number of esters is 3. The predicted molar refractivity (Wildman–Crippen MR) is 362 cm³/mol. The Morgan fingerprint density at radius 3 is 0.759 bits per heavy atom. The van der Waals surface area contributed by atoms with Crippen molar-refractivity contribution in [3.05, 3.63) is 48.6 Å². The zero-order valence-corrected chi connectivity index (χ0v) is 56.0. The molecule has 1 unspecified atom stereocenters. The maximum Gasteiger partial charge on any atom is 0.306 e. The van der Waals surface area contributed by atoms with E-state index in [1.807, 2.05) is 0 Å². The van der Waals surface area contributed by atoms with Gasteiger partial charge in [0.15, 0.2) is 6.10 Å². The number of carbonyl (C=O) groups excluding carboxylic acids is 3. The molecule has 0 radical (unpaired) electrons. The highest BCUT2D eigenvalue weighted by molar-refractivity contribution is 5.71. The molecule has 0 aromatic carbocycles. The lowest BCUT2D eigenvalue weighted by atomic mass is 10.0. The van der Waals surface area contributed by atoms with E-state index in [9.17, 15) is 14.4 Å². The smallest absolute Gasteiger partial charge is 0.306 e. The van der Waals surface area contributed by atoms with Crippen LogP contribution >= 0.6 is 0 Å². The average molecular weight is 1160 g/mol. The van der Waals surface area contributed by atoms with E-state index in [1.54, 1.807) is 0 Å². The summed E-state index contributed by atoms with van der Waals surface area (Å²) in [7, 11) is 0. The summed E-state index contributed by atoms with van der Waals surface area (Å²) in [5.74, 6) is -0.879. The number of unbranched alkanes of at least 4 members (excludes halogenated alkanes) is 50. The fourth-order valence-corrected chi connectivity index (χ4v) is 11.3. The number of carbonyl (C=O) groups is 3. The summed E-state index contributed by atoms with van der Waals surface area (Å²) < 4.78 is 17.0. The van der Waals surface area contributed by atoms with Gasteiger partial charge in [0.1, 0.15) is 13.2 Å². The van der Waals surface area contributed by atoms with Crippen molar-refractivity contribution in [2.45, 2.75) is 412 Å². The van der Waals surface area contributed by atoms with Crippen LogP contribution in [0.3, 0.4) is 0 Å². The second-order valence-electron chi connectivity index (χ2n) is 25.2. The third-order valence-corrected chi connectivity index (χ3v) is 16.8. The van der Waals surface area contributed by atoms with E-state index < -0.39 is 6.10 Å². The Morgan fingerprint density at radius 1 is 0.253 bits per heavy atom. The van der Waals surface area contributed by atoms with Crippen molar-refractivity contribution in [1.82, 2.24) is 0 Å². The average Bonchev–Trinajstić information content (AvgIpc) is 3.49. The fourth-order valence-electron chi connectivity index (χ4n) is 11.3. The van der Waals surface area contributed by atoms with Gasteiger partial charge >= 0.3 is 17.9 Å². The number of hydrogen-bond acceptors (Lipinski definition) is 6. The molecule has 0 aliphatic carbocycles. The monoisotopic (exact) mass is 1160 g/mol. The van der Waals surface area contributed by atoms with Crippen molar-refractivity contribution >= 4 is 17.9 Å². The van der Waals surface area contributed by atoms with Crippen LogP contribution < -0.4 is 0 Å². The molecule has 0 rings (SSSR count). The highest BCUT2D eigenvalue weighted by Gasteiger charge is 2.19. The van der Waals surface area contributed by atoms with Gasteiger partial charge < -0.3 is 14.2 Å². The first kappa shape index (κ1) is 80.4. The van der Waals surface area contributed by atoms with Crippen molar-refractivity contribution in [2.24, 2.45) is 0 Å². The second-order valence-corrected chi connectivity index (χ2v) is 25.2. The molecule has 0 fully saturated rings. The molecule has 0 N–H and O–H groups in total. The first-order valence-electron chi connectivity index (χ1n) is 37.1. The zero-order chi connectivity index (χ0) is 59.9. The zero-order valence-electron chi connectivity index (χ0n) is 56.0. The Hall–Kier alpha value is -2.63. The minimum atomic E-state index is -0.784. The van der Waals surface area contributed by atoms with Gasteiger partial charge in [0.25, 0.3) is 0 Å².